The van der Waals surface area contributed by atoms with Crippen LogP contribution in [0.3, 0.4) is 0 Å². The van der Waals surface area contributed by atoms with Crippen LogP contribution in [-0.4, -0.2) is 16.2 Å². The monoisotopic (exact) mass is 955 g/mol. The Labute approximate surface area is 432 Å². The van der Waals surface area contributed by atoms with Gasteiger partial charge in [-0.25, -0.2) is 4.98 Å². The molecule has 0 amide bonds. The van der Waals surface area contributed by atoms with Gasteiger partial charge in [0.2, 0.25) is 0 Å². The van der Waals surface area contributed by atoms with E-state index in [1.807, 2.05) is 6.20 Å². The van der Waals surface area contributed by atoms with E-state index in [4.69, 9.17) is 9.72 Å². The molecule has 8 aromatic carbocycles. The van der Waals surface area contributed by atoms with Crippen LogP contribution in [0.2, 0.25) is 0 Å². The van der Waals surface area contributed by atoms with Crippen molar-refractivity contribution in [1.82, 2.24) is 9.55 Å². The van der Waals surface area contributed by atoms with E-state index in [0.29, 0.717) is 6.67 Å². The largest absolute Gasteiger partial charge is 0.457 e. The molecule has 364 valence electrons. The molecular formula is C68H66N4O. The SMILES string of the molecule is CC(C)(C)c1ccnc(-n2c3ccc(C(C)(C)C)cc3c3ccc(Oc4cc(-c5ccccc5)cc(N5CN(c6cc(C(C)(C)c7ccccc7)cc(C(C)(C)c7ccccc7)c6)c6ccccc65)c4)cc32)c1. The number of para-hydroxylation sites is 2. The zero-order valence-electron chi connectivity index (χ0n) is 44.0. The lowest BCUT2D eigenvalue weighted by Crippen LogP contribution is -2.27. The van der Waals surface area contributed by atoms with Gasteiger partial charge in [-0.1, -0.05) is 184 Å². The summed E-state index contributed by atoms with van der Waals surface area (Å²) in [6, 6.07) is 73.0. The molecule has 0 N–H and O–H groups in total. The molecule has 1 aliphatic heterocycles. The molecule has 73 heavy (non-hydrogen) atoms. The van der Waals surface area contributed by atoms with Crippen molar-refractivity contribution in [2.45, 2.75) is 90.9 Å². The lowest BCUT2D eigenvalue weighted by molar-refractivity contribution is 0.483. The number of anilines is 4. The van der Waals surface area contributed by atoms with Crippen molar-refractivity contribution in [3.8, 4) is 28.4 Å². The van der Waals surface area contributed by atoms with E-state index in [2.05, 4.69) is 284 Å². The minimum absolute atomic E-state index is 0.00399. The molecule has 0 unspecified atom stereocenters. The average molecular weight is 955 g/mol. The Balaban J connectivity index is 1.03. The number of aromatic nitrogens is 2. The van der Waals surface area contributed by atoms with Crippen molar-refractivity contribution in [1.29, 1.82) is 0 Å². The number of ether oxygens (including phenoxy) is 1. The maximum Gasteiger partial charge on any atom is 0.137 e. The van der Waals surface area contributed by atoms with E-state index in [9.17, 15) is 0 Å². The van der Waals surface area contributed by atoms with Crippen molar-refractivity contribution in [2.75, 3.05) is 16.5 Å². The number of benzene rings is 8. The fourth-order valence-electron chi connectivity index (χ4n) is 10.7. The van der Waals surface area contributed by atoms with Crippen molar-refractivity contribution >= 4 is 44.6 Å². The summed E-state index contributed by atoms with van der Waals surface area (Å²) in [5.74, 6) is 2.41. The van der Waals surface area contributed by atoms with Crippen molar-refractivity contribution in [3.05, 3.63) is 240 Å². The lowest BCUT2D eigenvalue weighted by Gasteiger charge is -2.33. The Kier molecular flexibility index (Phi) is 11.7. The maximum atomic E-state index is 7.11. The Morgan fingerprint density at radius 1 is 0.384 bits per heavy atom. The van der Waals surface area contributed by atoms with Gasteiger partial charge in [0.1, 0.15) is 24.0 Å². The number of hydrogen-bond acceptors (Lipinski definition) is 4. The average Bonchev–Trinajstić information content (AvgIpc) is 3.95. The van der Waals surface area contributed by atoms with Gasteiger partial charge in [0.15, 0.2) is 0 Å². The highest BCUT2D eigenvalue weighted by Crippen LogP contribution is 2.49. The number of rotatable bonds is 10. The number of fused-ring (bicyclic) bond motifs is 4. The highest BCUT2D eigenvalue weighted by Gasteiger charge is 2.34. The smallest absolute Gasteiger partial charge is 0.137 e. The molecule has 1 aliphatic rings. The van der Waals surface area contributed by atoms with Gasteiger partial charge in [-0.05, 0) is 128 Å². The lowest BCUT2D eigenvalue weighted by atomic mass is 9.73. The molecule has 5 nitrogen and oxygen atoms in total. The Morgan fingerprint density at radius 2 is 0.932 bits per heavy atom. The van der Waals surface area contributed by atoms with Gasteiger partial charge in [-0.2, -0.15) is 0 Å². The fraction of sp³-hybridized carbons (Fsp3) is 0.221. The normalized spacial score (nSPS) is 13.2. The Hall–Kier alpha value is -7.89. The minimum atomic E-state index is -0.256. The standard InChI is InChI=1S/C68H66N4O/c1-65(2,3)50-30-33-60-59(41-50)58-32-31-56(44-63(58)72(60)64-42-51(34-35-69-64)66(4,5)6)73-57-37-47(46-22-14-11-15-23-46)36-54(43-57)70-45-71(62-29-21-20-28-61(62)70)55-39-52(67(7,8)48-24-16-12-17-25-48)38-53(40-55)68(9,10)49-26-18-13-19-27-49/h11-44H,45H2,1-10H3. The topological polar surface area (TPSA) is 33.5 Å². The van der Waals surface area contributed by atoms with Gasteiger partial charge in [-0.15, -0.1) is 0 Å². The first-order valence-electron chi connectivity index (χ1n) is 25.8. The summed E-state index contributed by atoms with van der Waals surface area (Å²) in [5.41, 5.74) is 16.0. The number of hydrogen-bond donors (Lipinski definition) is 0. The van der Waals surface area contributed by atoms with Gasteiger partial charge in [0, 0.05) is 51.3 Å². The van der Waals surface area contributed by atoms with Crippen LogP contribution in [0.5, 0.6) is 11.5 Å². The van der Waals surface area contributed by atoms with Gasteiger partial charge in [0.05, 0.1) is 22.4 Å². The molecule has 11 rings (SSSR count). The van der Waals surface area contributed by atoms with E-state index >= 15 is 0 Å². The molecule has 0 fully saturated rings. The number of pyridine rings is 1. The molecule has 0 bridgehead atoms. The summed E-state index contributed by atoms with van der Waals surface area (Å²) < 4.78 is 9.42. The molecular weight excluding hydrogens is 889 g/mol. The van der Waals surface area contributed by atoms with Crippen LogP contribution in [0, 0.1) is 0 Å². The molecule has 2 aromatic heterocycles. The highest BCUT2D eigenvalue weighted by atomic mass is 16.5. The summed E-state index contributed by atoms with van der Waals surface area (Å²) in [4.78, 5) is 9.93. The van der Waals surface area contributed by atoms with Crippen LogP contribution in [0.1, 0.15) is 103 Å². The zero-order valence-corrected chi connectivity index (χ0v) is 44.0. The van der Waals surface area contributed by atoms with Crippen molar-refractivity contribution < 1.29 is 4.74 Å². The summed E-state index contributed by atoms with van der Waals surface area (Å²) in [6.45, 7) is 23.6. The maximum absolute atomic E-state index is 7.11. The molecule has 10 aromatic rings. The third kappa shape index (κ3) is 8.86. The summed E-state index contributed by atoms with van der Waals surface area (Å²) >= 11 is 0. The van der Waals surface area contributed by atoms with Crippen LogP contribution in [-0.2, 0) is 21.7 Å². The first-order valence-corrected chi connectivity index (χ1v) is 25.8. The fourth-order valence-corrected chi connectivity index (χ4v) is 10.7. The first kappa shape index (κ1) is 47.4. The Bertz CT molecular complexity index is 3580. The molecule has 0 aliphatic carbocycles. The van der Waals surface area contributed by atoms with Crippen molar-refractivity contribution in [3.63, 3.8) is 0 Å². The minimum Gasteiger partial charge on any atom is -0.457 e. The van der Waals surface area contributed by atoms with Crippen LogP contribution in [0.25, 0.3) is 38.8 Å². The van der Waals surface area contributed by atoms with Crippen LogP contribution < -0.4 is 14.5 Å². The van der Waals surface area contributed by atoms with Gasteiger partial charge in [0.25, 0.3) is 0 Å². The van der Waals surface area contributed by atoms with Crippen LogP contribution in [0.15, 0.2) is 206 Å². The second kappa shape index (κ2) is 18.0. The Morgan fingerprint density at radius 3 is 1.52 bits per heavy atom. The van der Waals surface area contributed by atoms with Crippen LogP contribution in [0.4, 0.5) is 22.7 Å². The molecule has 0 atom stereocenters. The summed E-state index contributed by atoms with van der Waals surface area (Å²) in [6.07, 6.45) is 1.94. The highest BCUT2D eigenvalue weighted by molar-refractivity contribution is 6.10. The second-order valence-electron chi connectivity index (χ2n) is 23.1. The van der Waals surface area contributed by atoms with E-state index in [1.165, 1.54) is 38.8 Å². The van der Waals surface area contributed by atoms with E-state index in [0.717, 1.165) is 67.6 Å². The molecule has 0 spiro atoms. The number of nitrogens with zero attached hydrogens (tertiary/aromatic N) is 4. The van der Waals surface area contributed by atoms with E-state index in [-0.39, 0.29) is 21.7 Å². The third-order valence-corrected chi connectivity index (χ3v) is 15.4. The summed E-state index contributed by atoms with van der Waals surface area (Å²) in [5, 5.41) is 2.36. The molecule has 0 saturated heterocycles. The van der Waals surface area contributed by atoms with Crippen molar-refractivity contribution in [2.24, 2.45) is 0 Å². The predicted octanol–water partition coefficient (Wildman–Crippen LogP) is 18.1. The van der Waals surface area contributed by atoms with E-state index in [1.54, 1.807) is 0 Å². The molecule has 3 heterocycles. The van der Waals surface area contributed by atoms with Gasteiger partial charge < -0.3 is 14.5 Å². The molecule has 0 saturated carbocycles. The molecule has 0 radical (unpaired) electrons. The van der Waals surface area contributed by atoms with Crippen LogP contribution >= 0.6 is 0 Å². The summed E-state index contributed by atoms with van der Waals surface area (Å²) in [7, 11) is 0. The third-order valence-electron chi connectivity index (χ3n) is 15.4. The predicted molar refractivity (Wildman–Crippen MR) is 307 cm³/mol. The zero-order chi connectivity index (χ0) is 50.9. The second-order valence-corrected chi connectivity index (χ2v) is 23.1. The van der Waals surface area contributed by atoms with Gasteiger partial charge in [-0.3, -0.25) is 4.57 Å². The van der Waals surface area contributed by atoms with E-state index < -0.39 is 0 Å². The van der Waals surface area contributed by atoms with Gasteiger partial charge >= 0.3 is 0 Å². The first-order chi connectivity index (χ1) is 34.9. The quantitative estimate of drug-likeness (QED) is 0.137. The molecule has 5 heteroatoms.